The standard InChI is InChI=1S/C6H4Br4N2/c7-5(8,3-11)1-2-6(9,10)4-12/h1-2H2. The largest absolute Gasteiger partial charge is 0.196 e. The molecule has 0 atom stereocenters. The second-order valence-electron chi connectivity index (χ2n) is 2.13. The highest BCUT2D eigenvalue weighted by Gasteiger charge is 2.29. The van der Waals surface area contributed by atoms with Crippen LogP contribution in [0.15, 0.2) is 0 Å². The highest BCUT2D eigenvalue weighted by Crippen LogP contribution is 2.38. The van der Waals surface area contributed by atoms with Crippen molar-refractivity contribution in [1.29, 1.82) is 10.5 Å². The second kappa shape index (κ2) is 4.95. The van der Waals surface area contributed by atoms with Crippen molar-refractivity contribution in [3.05, 3.63) is 0 Å². The van der Waals surface area contributed by atoms with Crippen LogP contribution in [0.25, 0.3) is 0 Å². The quantitative estimate of drug-likeness (QED) is 0.649. The molecule has 0 bridgehead atoms. The third-order valence-corrected chi connectivity index (χ3v) is 3.38. The Morgan fingerprint density at radius 2 is 1.08 bits per heavy atom. The fourth-order valence-electron chi connectivity index (χ4n) is 0.426. The van der Waals surface area contributed by atoms with Gasteiger partial charge in [-0.25, -0.2) is 0 Å². The minimum absolute atomic E-state index is 0.521. The lowest BCUT2D eigenvalue weighted by molar-refractivity contribution is 0.768. The number of hydrogen-bond donors (Lipinski definition) is 0. The average molecular weight is 424 g/mol. The number of hydrogen-bond acceptors (Lipinski definition) is 2. The van der Waals surface area contributed by atoms with Crippen molar-refractivity contribution >= 4 is 63.7 Å². The molecule has 0 amide bonds. The zero-order chi connectivity index (χ0) is 9.83. The Bertz CT molecular complexity index is 209. The van der Waals surface area contributed by atoms with Crippen molar-refractivity contribution in [2.75, 3.05) is 0 Å². The summed E-state index contributed by atoms with van der Waals surface area (Å²) in [6.45, 7) is 0. The molecule has 0 aromatic heterocycles. The van der Waals surface area contributed by atoms with Gasteiger partial charge in [0.1, 0.15) is 0 Å². The first kappa shape index (κ1) is 12.9. The van der Waals surface area contributed by atoms with E-state index in [1.54, 1.807) is 0 Å². The molecular formula is C6H4Br4N2. The van der Waals surface area contributed by atoms with Crippen molar-refractivity contribution in [2.24, 2.45) is 0 Å². The molecule has 0 radical (unpaired) electrons. The molecule has 0 rings (SSSR count). The maximum atomic E-state index is 8.61. The van der Waals surface area contributed by atoms with E-state index in [4.69, 9.17) is 10.5 Å². The van der Waals surface area contributed by atoms with Gasteiger partial charge in [-0.3, -0.25) is 0 Å². The van der Waals surface area contributed by atoms with Gasteiger partial charge < -0.3 is 0 Å². The summed E-state index contributed by atoms with van der Waals surface area (Å²) in [5.74, 6) is 0. The van der Waals surface area contributed by atoms with Gasteiger partial charge in [-0.05, 0) is 12.8 Å². The fourth-order valence-corrected chi connectivity index (χ4v) is 1.22. The molecule has 0 heterocycles. The van der Waals surface area contributed by atoms with Crippen LogP contribution in [0.1, 0.15) is 12.8 Å². The van der Waals surface area contributed by atoms with E-state index in [2.05, 4.69) is 63.7 Å². The van der Waals surface area contributed by atoms with Crippen LogP contribution in [-0.2, 0) is 0 Å². The van der Waals surface area contributed by atoms with Gasteiger partial charge in [-0.1, -0.05) is 63.7 Å². The number of rotatable bonds is 3. The first-order valence-electron chi connectivity index (χ1n) is 2.91. The molecule has 0 saturated heterocycles. The topological polar surface area (TPSA) is 47.6 Å². The Morgan fingerprint density at radius 3 is 1.25 bits per heavy atom. The highest BCUT2D eigenvalue weighted by molar-refractivity contribution is 9.26. The molecule has 0 aromatic rings. The Morgan fingerprint density at radius 1 is 0.833 bits per heavy atom. The van der Waals surface area contributed by atoms with Crippen LogP contribution < -0.4 is 0 Å². The Kier molecular flexibility index (Phi) is 5.32. The SMILES string of the molecule is N#CC(Br)(Br)CCC(Br)(Br)C#N. The Balaban J connectivity index is 4.04. The van der Waals surface area contributed by atoms with E-state index in [0.29, 0.717) is 12.8 Å². The van der Waals surface area contributed by atoms with Gasteiger partial charge in [0.2, 0.25) is 0 Å². The third-order valence-electron chi connectivity index (χ3n) is 1.08. The molecule has 0 aromatic carbocycles. The minimum Gasteiger partial charge on any atom is -0.196 e. The van der Waals surface area contributed by atoms with E-state index in [1.165, 1.54) is 0 Å². The normalized spacial score (nSPS) is 11.8. The van der Waals surface area contributed by atoms with Gasteiger partial charge in [-0.15, -0.1) is 0 Å². The highest BCUT2D eigenvalue weighted by atomic mass is 79.9. The van der Waals surface area contributed by atoms with Crippen molar-refractivity contribution in [3.8, 4) is 12.1 Å². The minimum atomic E-state index is -0.732. The van der Waals surface area contributed by atoms with Crippen LogP contribution in [0.2, 0.25) is 0 Å². The Labute approximate surface area is 105 Å². The maximum Gasteiger partial charge on any atom is 0.166 e. The molecule has 0 aliphatic rings. The molecule has 0 saturated carbocycles. The molecule has 66 valence electrons. The molecule has 0 aliphatic carbocycles. The van der Waals surface area contributed by atoms with Crippen LogP contribution in [0.4, 0.5) is 0 Å². The summed E-state index contributed by atoms with van der Waals surface area (Å²) in [7, 11) is 0. The van der Waals surface area contributed by atoms with Gasteiger partial charge in [0, 0.05) is 0 Å². The molecule has 6 heteroatoms. The van der Waals surface area contributed by atoms with Gasteiger partial charge in [-0.2, -0.15) is 10.5 Å². The van der Waals surface area contributed by atoms with Crippen LogP contribution in [0, 0.1) is 22.7 Å². The summed E-state index contributed by atoms with van der Waals surface area (Å²) in [4.78, 5) is 0. The van der Waals surface area contributed by atoms with Gasteiger partial charge in [0.05, 0.1) is 12.1 Å². The lowest BCUT2D eigenvalue weighted by Gasteiger charge is -2.15. The van der Waals surface area contributed by atoms with Crippen molar-refractivity contribution in [2.45, 2.75) is 19.3 Å². The van der Waals surface area contributed by atoms with E-state index < -0.39 is 6.47 Å². The number of nitrogens with zero attached hydrogens (tertiary/aromatic N) is 2. The van der Waals surface area contributed by atoms with E-state index in [-0.39, 0.29) is 0 Å². The van der Waals surface area contributed by atoms with Crippen molar-refractivity contribution in [1.82, 2.24) is 0 Å². The smallest absolute Gasteiger partial charge is 0.166 e. The van der Waals surface area contributed by atoms with E-state index in [0.717, 1.165) is 0 Å². The average Bonchev–Trinajstić information content (AvgIpc) is 2.02. The van der Waals surface area contributed by atoms with Crippen LogP contribution in [0.3, 0.4) is 0 Å². The summed E-state index contributed by atoms with van der Waals surface area (Å²) >= 11 is 12.7. The number of nitriles is 2. The fraction of sp³-hybridized carbons (Fsp3) is 0.667. The van der Waals surface area contributed by atoms with E-state index in [9.17, 15) is 0 Å². The molecule has 0 unspecified atom stereocenters. The van der Waals surface area contributed by atoms with Crippen molar-refractivity contribution in [3.63, 3.8) is 0 Å². The zero-order valence-corrected chi connectivity index (χ0v) is 12.2. The summed E-state index contributed by atoms with van der Waals surface area (Å²) in [5.41, 5.74) is 0. The lowest BCUT2D eigenvalue weighted by Crippen LogP contribution is -2.15. The van der Waals surface area contributed by atoms with Gasteiger partial charge in [0.15, 0.2) is 6.47 Å². The molecular weight excluding hydrogens is 420 g/mol. The van der Waals surface area contributed by atoms with Gasteiger partial charge >= 0.3 is 0 Å². The van der Waals surface area contributed by atoms with Crippen LogP contribution in [-0.4, -0.2) is 6.47 Å². The summed E-state index contributed by atoms with van der Waals surface area (Å²) in [6.07, 6.45) is 1.04. The van der Waals surface area contributed by atoms with Crippen LogP contribution in [0.5, 0.6) is 0 Å². The first-order valence-corrected chi connectivity index (χ1v) is 6.08. The van der Waals surface area contributed by atoms with E-state index in [1.807, 2.05) is 12.1 Å². The first-order chi connectivity index (χ1) is 5.33. The molecule has 2 nitrogen and oxygen atoms in total. The molecule has 0 N–H and O–H groups in total. The lowest BCUT2D eigenvalue weighted by atomic mass is 10.2. The van der Waals surface area contributed by atoms with Crippen molar-refractivity contribution < 1.29 is 0 Å². The van der Waals surface area contributed by atoms with Crippen LogP contribution >= 0.6 is 63.7 Å². The molecule has 0 aliphatic heterocycles. The zero-order valence-electron chi connectivity index (χ0n) is 5.82. The molecule has 0 spiro atoms. The second-order valence-corrected chi connectivity index (χ2v) is 9.68. The molecule has 12 heavy (non-hydrogen) atoms. The number of halogens is 4. The number of alkyl halides is 4. The predicted molar refractivity (Wildman–Crippen MR) is 61.6 cm³/mol. The van der Waals surface area contributed by atoms with Gasteiger partial charge in [0.25, 0.3) is 0 Å². The summed E-state index contributed by atoms with van der Waals surface area (Å²) < 4.78 is -1.46. The monoisotopic (exact) mass is 420 g/mol. The Hall–Kier alpha value is 0.900. The third kappa shape index (κ3) is 5.53. The predicted octanol–water partition coefficient (Wildman–Crippen LogP) is 3.79. The summed E-state index contributed by atoms with van der Waals surface area (Å²) in [5, 5.41) is 17.2. The summed E-state index contributed by atoms with van der Waals surface area (Å²) in [6, 6.07) is 4.04. The molecule has 0 fully saturated rings. The van der Waals surface area contributed by atoms with E-state index >= 15 is 0 Å². The maximum absolute atomic E-state index is 8.61.